The van der Waals surface area contributed by atoms with Crippen LogP contribution in [-0.4, -0.2) is 22.8 Å². The Labute approximate surface area is 169 Å². The zero-order chi connectivity index (χ0) is 14.8. The number of unbranched alkanes of at least 4 members (excludes halogenated alkanes) is 5. The molecule has 0 aromatic carbocycles. The van der Waals surface area contributed by atoms with Gasteiger partial charge in [-0.3, -0.25) is 6.08 Å². The number of allylic oxidation sites excluding steroid dienone is 4. The summed E-state index contributed by atoms with van der Waals surface area (Å²) in [6, 6.07) is 1.12. The smallest absolute Gasteiger partial charge is 0.398 e. The van der Waals surface area contributed by atoms with Gasteiger partial charge < -0.3 is 31.1 Å². The van der Waals surface area contributed by atoms with E-state index in [9.17, 15) is 0 Å². The van der Waals surface area contributed by atoms with Crippen LogP contribution < -0.4 is 0 Å². The third-order valence-corrected chi connectivity index (χ3v) is 7.38. The molecule has 0 amide bonds. The summed E-state index contributed by atoms with van der Waals surface area (Å²) in [5.41, 5.74) is 2.92. The van der Waals surface area contributed by atoms with E-state index in [0.29, 0.717) is 0 Å². The minimum Gasteiger partial charge on any atom is -0.398 e. The summed E-state index contributed by atoms with van der Waals surface area (Å²) in [6.07, 6.45) is 15.9. The average molecular weight is 536 g/mol. The van der Waals surface area contributed by atoms with Crippen molar-refractivity contribution in [2.75, 3.05) is 14.2 Å². The molecule has 0 radical (unpaired) electrons. The molecule has 0 fully saturated rings. The van der Waals surface area contributed by atoms with Gasteiger partial charge in [0.25, 0.3) is 0 Å². The molecule has 0 N–H and O–H groups in total. The fourth-order valence-corrected chi connectivity index (χ4v) is 4.11. The first kappa shape index (κ1) is 32.0. The van der Waals surface area contributed by atoms with Crippen LogP contribution in [-0.2, 0) is 29.9 Å². The van der Waals surface area contributed by atoms with Crippen LogP contribution in [0.1, 0.15) is 58.3 Å². The molecule has 0 bridgehead atoms. The number of hydrogen-bond acceptors (Lipinski definition) is 2. The zero-order valence-corrected chi connectivity index (χ0v) is 20.3. The van der Waals surface area contributed by atoms with E-state index < -0.39 is 8.56 Å². The molecule has 0 aliphatic heterocycles. The van der Waals surface area contributed by atoms with E-state index in [0.717, 1.165) is 12.5 Å². The summed E-state index contributed by atoms with van der Waals surface area (Å²) in [6.45, 7) is 4.33. The van der Waals surface area contributed by atoms with Crippen LogP contribution in [0.25, 0.3) is 0 Å². The van der Waals surface area contributed by atoms with Gasteiger partial charge in [-0.1, -0.05) is 51.9 Å². The molecule has 1 aliphatic rings. The quantitative estimate of drug-likeness (QED) is 0.171. The fraction of sp³-hybridized carbons (Fsp3) is 0.650. The van der Waals surface area contributed by atoms with Crippen molar-refractivity contribution in [3.8, 4) is 0 Å². The molecule has 0 spiro atoms. The first-order valence-electron chi connectivity index (χ1n) is 7.98. The Bertz CT molecular complexity index is 337. The van der Waals surface area contributed by atoms with E-state index in [1.165, 1.54) is 56.1 Å². The van der Waals surface area contributed by atoms with Crippen molar-refractivity contribution < 1.29 is 29.9 Å². The molecule has 0 aromatic rings. The minimum absolute atomic E-state index is 0. The molecule has 1 aliphatic carbocycles. The third kappa shape index (κ3) is 12.6. The second-order valence-corrected chi connectivity index (χ2v) is 9.48. The second kappa shape index (κ2) is 18.1. The number of hydrogen-bond donors (Lipinski definition) is 0. The molecule has 146 valence electrons. The third-order valence-electron chi connectivity index (χ3n) is 4.39. The van der Waals surface area contributed by atoms with Crippen molar-refractivity contribution in [1.82, 2.24) is 0 Å². The van der Waals surface area contributed by atoms with Crippen LogP contribution >= 0.6 is 0 Å². The van der Waals surface area contributed by atoms with Gasteiger partial charge in [-0.15, -0.1) is 6.42 Å². The molecule has 1 rings (SSSR count). The predicted molar refractivity (Wildman–Crippen MR) is 107 cm³/mol. The summed E-state index contributed by atoms with van der Waals surface area (Å²) >= 11 is 0. The Kier molecular flexibility index (Phi) is 24.2. The SMILES string of the molecule is CO[Si](C)(CCCCCCCCC1=CC[C-]=C1C)OC.[CH3-].[CH3-].[CH3-].[Pt+4]. The van der Waals surface area contributed by atoms with E-state index in [2.05, 4.69) is 25.6 Å². The Balaban J connectivity index is -0.000000500. The van der Waals surface area contributed by atoms with Crippen LogP contribution in [0.15, 0.2) is 17.2 Å². The van der Waals surface area contributed by atoms with Crippen molar-refractivity contribution in [2.45, 2.75) is 70.9 Å². The maximum Gasteiger partial charge on any atom is 4.00 e. The molecule has 4 heteroatoms. The van der Waals surface area contributed by atoms with Gasteiger partial charge in [-0.05, 0) is 12.6 Å². The van der Waals surface area contributed by atoms with Gasteiger partial charge in [-0.2, -0.15) is 11.6 Å². The maximum atomic E-state index is 5.50. The molecular formula is C20H40O2PtSi. The standard InChI is InChI=1S/C17H31O2Si.3CH3.Pt/c1-16-12-11-14-17(16)13-9-7-5-6-8-10-15-20(4,18-2)19-3;;;;/h14H,5-11,13,15H2,1-4H3;3*1H3;/q4*-1;+4. The van der Waals surface area contributed by atoms with Crippen LogP contribution in [0, 0.1) is 28.4 Å². The van der Waals surface area contributed by atoms with Crippen LogP contribution in [0.3, 0.4) is 0 Å². The van der Waals surface area contributed by atoms with Gasteiger partial charge in [-0.25, -0.2) is 5.57 Å². The molecule has 0 saturated heterocycles. The Morgan fingerprint density at radius 2 is 1.46 bits per heavy atom. The first-order chi connectivity index (χ1) is 9.61. The molecular weight excluding hydrogens is 495 g/mol. The van der Waals surface area contributed by atoms with E-state index in [4.69, 9.17) is 8.85 Å². The zero-order valence-electron chi connectivity index (χ0n) is 17.1. The van der Waals surface area contributed by atoms with Gasteiger partial charge in [0, 0.05) is 14.2 Å². The normalized spacial score (nSPS) is 12.8. The van der Waals surface area contributed by atoms with Crippen LogP contribution in [0.4, 0.5) is 0 Å². The topological polar surface area (TPSA) is 18.5 Å². The van der Waals surface area contributed by atoms with Crippen molar-refractivity contribution in [3.63, 3.8) is 0 Å². The molecule has 0 atom stereocenters. The minimum atomic E-state index is -1.82. The van der Waals surface area contributed by atoms with Gasteiger partial charge in [0.1, 0.15) is 0 Å². The van der Waals surface area contributed by atoms with Crippen molar-refractivity contribution >= 4 is 8.56 Å². The Morgan fingerprint density at radius 3 is 1.92 bits per heavy atom. The van der Waals surface area contributed by atoms with Crippen molar-refractivity contribution in [2.24, 2.45) is 0 Å². The van der Waals surface area contributed by atoms with Gasteiger partial charge in [0.15, 0.2) is 0 Å². The van der Waals surface area contributed by atoms with Crippen LogP contribution in [0.2, 0.25) is 12.6 Å². The predicted octanol–water partition coefficient (Wildman–Crippen LogP) is 6.51. The van der Waals surface area contributed by atoms with Crippen LogP contribution in [0.5, 0.6) is 0 Å². The molecule has 0 unspecified atom stereocenters. The van der Waals surface area contributed by atoms with E-state index in [-0.39, 0.29) is 43.3 Å². The molecule has 0 saturated carbocycles. The molecule has 2 nitrogen and oxygen atoms in total. The summed E-state index contributed by atoms with van der Waals surface area (Å²) in [4.78, 5) is 0. The van der Waals surface area contributed by atoms with Gasteiger partial charge in [0.2, 0.25) is 0 Å². The van der Waals surface area contributed by atoms with Gasteiger partial charge in [0.05, 0.1) is 0 Å². The largest absolute Gasteiger partial charge is 4.00 e. The van der Waals surface area contributed by atoms with Crippen molar-refractivity contribution in [3.05, 3.63) is 45.6 Å². The Hall–Kier alpha value is 0.305. The van der Waals surface area contributed by atoms with E-state index in [1.54, 1.807) is 14.2 Å². The van der Waals surface area contributed by atoms with Gasteiger partial charge >= 0.3 is 29.6 Å². The summed E-state index contributed by atoms with van der Waals surface area (Å²) < 4.78 is 11.0. The first-order valence-corrected chi connectivity index (χ1v) is 10.5. The monoisotopic (exact) mass is 535 g/mol. The summed E-state index contributed by atoms with van der Waals surface area (Å²) in [7, 11) is 1.74. The molecule has 24 heavy (non-hydrogen) atoms. The van der Waals surface area contributed by atoms with E-state index in [1.807, 2.05) is 0 Å². The summed E-state index contributed by atoms with van der Waals surface area (Å²) in [5, 5.41) is 0. The van der Waals surface area contributed by atoms with E-state index >= 15 is 0 Å². The average Bonchev–Trinajstić information content (AvgIpc) is 2.87. The number of rotatable bonds is 11. The fourth-order valence-electron chi connectivity index (χ4n) is 2.64. The molecule has 0 aromatic heterocycles. The summed E-state index contributed by atoms with van der Waals surface area (Å²) in [5.74, 6) is 0. The van der Waals surface area contributed by atoms with Crippen molar-refractivity contribution in [1.29, 1.82) is 0 Å². The Morgan fingerprint density at radius 1 is 0.958 bits per heavy atom. The second-order valence-electron chi connectivity index (χ2n) is 5.90. The molecule has 0 heterocycles. The maximum absolute atomic E-state index is 5.50.